The summed E-state index contributed by atoms with van der Waals surface area (Å²) in [5.41, 5.74) is 4.38. The van der Waals surface area contributed by atoms with Crippen molar-refractivity contribution in [3.63, 3.8) is 0 Å². The maximum Gasteiger partial charge on any atom is 0.349 e. The van der Waals surface area contributed by atoms with Gasteiger partial charge < -0.3 is 30.3 Å². The first-order valence-electron chi connectivity index (χ1n) is 12.8. The molecule has 1 aliphatic rings. The first-order chi connectivity index (χ1) is 19.0. The van der Waals surface area contributed by atoms with Crippen LogP contribution in [0.4, 0.5) is 5.69 Å². The Kier molecular flexibility index (Phi) is 9.34. The number of anilines is 1. The minimum Gasteiger partial charge on any atom is -0.480 e. The summed E-state index contributed by atoms with van der Waals surface area (Å²) in [6, 6.07) is 10.9. The van der Waals surface area contributed by atoms with Crippen LogP contribution in [0, 0.1) is 26.7 Å². The third-order valence-corrected chi connectivity index (χ3v) is 8.38. The number of carboxylic acid groups (broad SMARTS) is 2. The van der Waals surface area contributed by atoms with E-state index in [1.807, 2.05) is 32.9 Å². The zero-order valence-electron chi connectivity index (χ0n) is 22.4. The molecule has 1 saturated heterocycles. The van der Waals surface area contributed by atoms with E-state index in [1.54, 1.807) is 24.3 Å². The van der Waals surface area contributed by atoms with Crippen LogP contribution in [-0.2, 0) is 9.59 Å². The molecule has 1 amide bonds. The van der Waals surface area contributed by atoms with E-state index in [0.29, 0.717) is 16.2 Å². The number of hydrogen-bond acceptors (Lipinski definition) is 7. The van der Waals surface area contributed by atoms with Crippen LogP contribution >= 0.6 is 22.9 Å². The Balaban J connectivity index is 1.64. The molecule has 40 heavy (non-hydrogen) atoms. The van der Waals surface area contributed by atoms with Crippen molar-refractivity contribution < 1.29 is 34.1 Å². The van der Waals surface area contributed by atoms with Crippen LogP contribution < -0.4 is 20.1 Å². The average molecular weight is 587 g/mol. The van der Waals surface area contributed by atoms with Gasteiger partial charge in [-0.3, -0.25) is 4.79 Å². The van der Waals surface area contributed by atoms with Crippen LogP contribution in [0.15, 0.2) is 36.4 Å². The van der Waals surface area contributed by atoms with Crippen LogP contribution in [0.25, 0.3) is 10.4 Å². The number of nitrogens with one attached hydrogen (secondary N) is 2. The first-order valence-corrected chi connectivity index (χ1v) is 14.0. The molecule has 1 atom stereocenters. The summed E-state index contributed by atoms with van der Waals surface area (Å²) >= 11 is 7.34. The minimum absolute atomic E-state index is 0.00114. The monoisotopic (exact) mass is 586 g/mol. The fourth-order valence-corrected chi connectivity index (χ4v) is 6.33. The van der Waals surface area contributed by atoms with Crippen LogP contribution in [0.3, 0.4) is 0 Å². The van der Waals surface area contributed by atoms with E-state index in [0.717, 1.165) is 59.6 Å². The highest BCUT2D eigenvalue weighted by molar-refractivity contribution is 7.18. The highest BCUT2D eigenvalue weighted by Crippen LogP contribution is 2.46. The Hall–Kier alpha value is -3.60. The van der Waals surface area contributed by atoms with Crippen LogP contribution in [0.1, 0.15) is 39.2 Å². The molecule has 4 N–H and O–H groups in total. The average Bonchev–Trinajstić information content (AvgIpc) is 3.25. The molecule has 0 saturated carbocycles. The van der Waals surface area contributed by atoms with Gasteiger partial charge >= 0.3 is 11.9 Å². The van der Waals surface area contributed by atoms with Crippen molar-refractivity contribution in [1.82, 2.24) is 5.32 Å². The number of benzene rings is 2. The molecule has 0 aliphatic carbocycles. The van der Waals surface area contributed by atoms with Gasteiger partial charge in [-0.1, -0.05) is 41.4 Å². The number of piperidine rings is 1. The second-order valence-corrected chi connectivity index (χ2v) is 11.2. The SMILES string of the molecule is Cc1cc(C)c(NC(=O)C(Oc2cccc(-c3sc(C(=O)O)c(OCC(=O)O)c3Cl)c2)C2CCNCC2)c(C)c1. The molecule has 3 aromatic rings. The number of hydrogen-bond donors (Lipinski definition) is 4. The molecule has 0 spiro atoms. The number of aromatic carboxylic acids is 1. The maximum absolute atomic E-state index is 13.7. The van der Waals surface area contributed by atoms with Crippen molar-refractivity contribution >= 4 is 46.5 Å². The lowest BCUT2D eigenvalue weighted by molar-refractivity contribution is -0.139. The van der Waals surface area contributed by atoms with Gasteiger partial charge in [0.15, 0.2) is 23.3 Å². The van der Waals surface area contributed by atoms with Crippen molar-refractivity contribution in [3.05, 3.63) is 63.0 Å². The summed E-state index contributed by atoms with van der Waals surface area (Å²) in [6.07, 6.45) is 0.777. The van der Waals surface area contributed by atoms with Crippen molar-refractivity contribution in [1.29, 1.82) is 0 Å². The van der Waals surface area contributed by atoms with Gasteiger partial charge in [-0.2, -0.15) is 0 Å². The predicted molar refractivity (Wildman–Crippen MR) is 154 cm³/mol. The van der Waals surface area contributed by atoms with Crippen LogP contribution in [0.2, 0.25) is 5.02 Å². The van der Waals surface area contributed by atoms with Crippen molar-refractivity contribution in [2.75, 3.05) is 25.0 Å². The lowest BCUT2D eigenvalue weighted by atomic mass is 9.91. The van der Waals surface area contributed by atoms with Crippen molar-refractivity contribution in [2.45, 2.75) is 39.7 Å². The minimum atomic E-state index is -1.28. The Bertz CT molecular complexity index is 1410. The quantitative estimate of drug-likeness (QED) is 0.243. The lowest BCUT2D eigenvalue weighted by Gasteiger charge is -2.30. The normalized spacial score (nSPS) is 14.4. The zero-order valence-corrected chi connectivity index (χ0v) is 23.9. The van der Waals surface area contributed by atoms with E-state index in [9.17, 15) is 19.5 Å². The van der Waals surface area contributed by atoms with Crippen LogP contribution in [-0.4, -0.2) is 53.9 Å². The number of carboxylic acids is 2. The fraction of sp³-hybridized carbons (Fsp3) is 0.345. The molecule has 212 valence electrons. The van der Waals surface area contributed by atoms with Crippen molar-refractivity contribution in [3.8, 4) is 21.9 Å². The number of aryl methyl sites for hydroxylation is 3. The van der Waals surface area contributed by atoms with Gasteiger partial charge in [-0.05, 0) is 75.5 Å². The molecule has 1 aliphatic heterocycles. The second kappa shape index (κ2) is 12.7. The summed E-state index contributed by atoms with van der Waals surface area (Å²) in [5, 5.41) is 25.0. The highest BCUT2D eigenvalue weighted by atomic mass is 35.5. The first kappa shape index (κ1) is 29.4. The smallest absolute Gasteiger partial charge is 0.349 e. The summed E-state index contributed by atoms with van der Waals surface area (Å²) in [6.45, 7) is 6.77. The van der Waals surface area contributed by atoms with Gasteiger partial charge in [-0.25, -0.2) is 9.59 Å². The summed E-state index contributed by atoms with van der Waals surface area (Å²) in [7, 11) is 0. The number of carbonyl (C=O) groups excluding carboxylic acids is 1. The number of halogens is 1. The largest absolute Gasteiger partial charge is 0.480 e. The Labute approximate surface area is 241 Å². The molecule has 1 unspecified atom stereocenters. The van der Waals surface area contributed by atoms with Crippen molar-refractivity contribution in [2.24, 2.45) is 5.92 Å². The molecule has 1 aromatic heterocycles. The molecule has 4 rings (SSSR count). The number of ether oxygens (including phenoxy) is 2. The molecular weight excluding hydrogens is 556 g/mol. The van der Waals surface area contributed by atoms with Gasteiger partial charge in [0.05, 0.1) is 4.88 Å². The Morgan fingerprint density at radius 1 is 1.10 bits per heavy atom. The molecule has 2 heterocycles. The molecular formula is C29H31ClN2O7S. The second-order valence-electron chi connectivity index (χ2n) is 9.81. The van der Waals surface area contributed by atoms with E-state index in [1.165, 1.54) is 0 Å². The number of thiophene rings is 1. The van der Waals surface area contributed by atoms with E-state index < -0.39 is 24.6 Å². The summed E-state index contributed by atoms with van der Waals surface area (Å²) < 4.78 is 11.5. The Morgan fingerprint density at radius 3 is 2.40 bits per heavy atom. The number of carbonyl (C=O) groups is 3. The van der Waals surface area contributed by atoms with Gasteiger partial charge in [0.1, 0.15) is 10.8 Å². The maximum atomic E-state index is 13.7. The molecule has 0 bridgehead atoms. The molecule has 9 nitrogen and oxygen atoms in total. The van der Waals surface area contributed by atoms with E-state index >= 15 is 0 Å². The third-order valence-electron chi connectivity index (χ3n) is 6.70. The van der Waals surface area contributed by atoms with E-state index in [-0.39, 0.29) is 27.5 Å². The van der Waals surface area contributed by atoms with Crippen LogP contribution in [0.5, 0.6) is 11.5 Å². The molecule has 1 fully saturated rings. The zero-order chi connectivity index (χ0) is 29.0. The van der Waals surface area contributed by atoms with Gasteiger partial charge in [-0.15, -0.1) is 11.3 Å². The van der Waals surface area contributed by atoms with E-state index in [4.69, 9.17) is 26.2 Å². The number of aliphatic carboxylic acids is 1. The summed E-state index contributed by atoms with van der Waals surface area (Å²) in [5.74, 6) is -2.57. The number of amides is 1. The summed E-state index contributed by atoms with van der Waals surface area (Å²) in [4.78, 5) is 36.6. The topological polar surface area (TPSA) is 134 Å². The lowest BCUT2D eigenvalue weighted by Crippen LogP contribution is -2.44. The van der Waals surface area contributed by atoms with E-state index in [2.05, 4.69) is 10.6 Å². The van der Waals surface area contributed by atoms with Gasteiger partial charge in [0.2, 0.25) is 0 Å². The van der Waals surface area contributed by atoms with Gasteiger partial charge in [0.25, 0.3) is 5.91 Å². The predicted octanol–water partition coefficient (Wildman–Crippen LogP) is 5.54. The molecule has 11 heteroatoms. The van der Waals surface area contributed by atoms with Gasteiger partial charge in [0, 0.05) is 11.6 Å². The highest BCUT2D eigenvalue weighted by Gasteiger charge is 2.32. The standard InChI is InChI=1S/C29H31ClN2O7S/c1-15-11-16(2)23(17(3)12-15)32-28(35)24(18-7-9-31-10-8-18)39-20-6-4-5-19(13-20)26-22(30)25(38-14-21(33)34)27(40-26)29(36)37/h4-6,11-13,18,24,31H,7-10,14H2,1-3H3,(H,32,35)(H,33,34)(H,36,37). The Morgan fingerprint density at radius 2 is 1.77 bits per heavy atom. The molecule has 0 radical (unpaired) electrons. The number of rotatable bonds is 10. The molecule has 2 aromatic carbocycles. The fourth-order valence-electron chi connectivity index (χ4n) is 4.92. The third kappa shape index (κ3) is 6.75.